The second-order valence-electron chi connectivity index (χ2n) is 4.58. The molecule has 0 amide bonds. The highest BCUT2D eigenvalue weighted by molar-refractivity contribution is 5.86. The summed E-state index contributed by atoms with van der Waals surface area (Å²) >= 11 is 0. The Balaban J connectivity index is 2.15. The van der Waals surface area contributed by atoms with Crippen LogP contribution in [0.3, 0.4) is 0 Å². The summed E-state index contributed by atoms with van der Waals surface area (Å²) < 4.78 is 43.5. The molecule has 0 saturated heterocycles. The highest BCUT2D eigenvalue weighted by atomic mass is 19.4. The van der Waals surface area contributed by atoms with Crippen LogP contribution in [0.4, 0.5) is 19.1 Å². The van der Waals surface area contributed by atoms with Gasteiger partial charge in [0, 0.05) is 18.0 Å². The van der Waals surface area contributed by atoms with E-state index in [0.717, 1.165) is 12.1 Å². The van der Waals surface area contributed by atoms with E-state index in [4.69, 9.17) is 10.3 Å². The molecule has 0 aliphatic heterocycles. The third kappa shape index (κ3) is 2.52. The molecular weight excluding hydrogens is 295 g/mol. The Labute approximate surface area is 123 Å². The van der Waals surface area contributed by atoms with E-state index in [1.54, 1.807) is 24.5 Å². The number of hydrogen-bond donors (Lipinski definition) is 1. The van der Waals surface area contributed by atoms with Crippen LogP contribution in [0.25, 0.3) is 22.4 Å². The molecule has 2 N–H and O–H groups in total. The lowest BCUT2D eigenvalue weighted by Crippen LogP contribution is -2.04. The molecule has 0 saturated carbocycles. The summed E-state index contributed by atoms with van der Waals surface area (Å²) in [5, 5.41) is 3.80. The molecule has 0 aliphatic carbocycles. The first-order valence-corrected chi connectivity index (χ1v) is 6.30. The molecule has 22 heavy (non-hydrogen) atoms. The number of pyridine rings is 1. The lowest BCUT2D eigenvalue weighted by atomic mass is 10.0. The summed E-state index contributed by atoms with van der Waals surface area (Å²) in [7, 11) is 0. The van der Waals surface area contributed by atoms with Crippen LogP contribution < -0.4 is 5.73 Å². The maximum Gasteiger partial charge on any atom is 0.416 e. The summed E-state index contributed by atoms with van der Waals surface area (Å²) in [6.45, 7) is 0. The molecular formula is C15H10F3N3O. The van der Waals surface area contributed by atoms with Gasteiger partial charge in [0.05, 0.1) is 11.1 Å². The number of nitrogen functional groups attached to an aromatic ring is 1. The molecule has 0 atom stereocenters. The van der Waals surface area contributed by atoms with Crippen molar-refractivity contribution in [3.8, 4) is 22.4 Å². The van der Waals surface area contributed by atoms with Gasteiger partial charge in [0.1, 0.15) is 5.69 Å². The summed E-state index contributed by atoms with van der Waals surface area (Å²) in [6.07, 6.45) is -1.32. The van der Waals surface area contributed by atoms with E-state index in [1.807, 2.05) is 0 Å². The van der Waals surface area contributed by atoms with Gasteiger partial charge in [-0.1, -0.05) is 17.3 Å². The number of halogens is 3. The Morgan fingerprint density at radius 1 is 1.00 bits per heavy atom. The summed E-state index contributed by atoms with van der Waals surface area (Å²) in [6, 6.07) is 8.22. The van der Waals surface area contributed by atoms with Gasteiger partial charge in [0.25, 0.3) is 0 Å². The van der Waals surface area contributed by atoms with Crippen molar-refractivity contribution in [2.45, 2.75) is 6.18 Å². The van der Waals surface area contributed by atoms with Gasteiger partial charge in [-0.2, -0.15) is 13.2 Å². The van der Waals surface area contributed by atoms with Crippen LogP contribution in [0.2, 0.25) is 0 Å². The van der Waals surface area contributed by atoms with Crippen molar-refractivity contribution >= 4 is 5.88 Å². The molecule has 112 valence electrons. The van der Waals surface area contributed by atoms with Crippen molar-refractivity contribution in [2.24, 2.45) is 0 Å². The highest BCUT2D eigenvalue weighted by Gasteiger charge is 2.31. The van der Waals surface area contributed by atoms with Crippen LogP contribution in [0, 0.1) is 0 Å². The SMILES string of the molecule is Nc1onc(-c2cccc(C(F)(F)F)c2)c1-c1ccncc1. The maximum absolute atomic E-state index is 12.8. The number of benzene rings is 1. The first kappa shape index (κ1) is 14.1. The predicted octanol–water partition coefficient (Wildman–Crippen LogP) is 4.00. The lowest BCUT2D eigenvalue weighted by Gasteiger charge is -2.08. The molecule has 0 bridgehead atoms. The van der Waals surface area contributed by atoms with Crippen molar-refractivity contribution in [1.29, 1.82) is 0 Å². The van der Waals surface area contributed by atoms with E-state index in [-0.39, 0.29) is 17.1 Å². The van der Waals surface area contributed by atoms with E-state index in [1.165, 1.54) is 12.1 Å². The van der Waals surface area contributed by atoms with E-state index in [2.05, 4.69) is 10.1 Å². The number of alkyl halides is 3. The first-order valence-electron chi connectivity index (χ1n) is 6.30. The standard InChI is InChI=1S/C15H10F3N3O/c16-15(17,18)11-3-1-2-10(8-11)13-12(14(19)22-21-13)9-4-6-20-7-5-9/h1-8H,19H2. The average Bonchev–Trinajstić information content (AvgIpc) is 2.89. The minimum absolute atomic E-state index is 0.0404. The predicted molar refractivity (Wildman–Crippen MR) is 74.6 cm³/mol. The Bertz CT molecular complexity index is 797. The third-order valence-corrected chi connectivity index (χ3v) is 3.15. The zero-order valence-electron chi connectivity index (χ0n) is 11.1. The molecule has 2 aromatic heterocycles. The van der Waals surface area contributed by atoms with Crippen molar-refractivity contribution in [1.82, 2.24) is 10.1 Å². The first-order chi connectivity index (χ1) is 10.5. The molecule has 3 aromatic rings. The zero-order chi connectivity index (χ0) is 15.7. The number of anilines is 1. The largest absolute Gasteiger partial charge is 0.416 e. The van der Waals surface area contributed by atoms with Crippen LogP contribution >= 0.6 is 0 Å². The molecule has 4 nitrogen and oxygen atoms in total. The summed E-state index contributed by atoms with van der Waals surface area (Å²) in [4.78, 5) is 3.89. The number of aromatic nitrogens is 2. The monoisotopic (exact) mass is 305 g/mol. The van der Waals surface area contributed by atoms with Gasteiger partial charge in [-0.15, -0.1) is 0 Å². The van der Waals surface area contributed by atoms with E-state index >= 15 is 0 Å². The second-order valence-corrected chi connectivity index (χ2v) is 4.58. The van der Waals surface area contributed by atoms with Crippen LogP contribution in [0.15, 0.2) is 53.3 Å². The minimum atomic E-state index is -4.43. The Hall–Kier alpha value is -2.83. The van der Waals surface area contributed by atoms with Gasteiger partial charge in [-0.25, -0.2) is 0 Å². The van der Waals surface area contributed by atoms with Crippen LogP contribution in [0.1, 0.15) is 5.56 Å². The fraction of sp³-hybridized carbons (Fsp3) is 0.0667. The topological polar surface area (TPSA) is 64.9 Å². The molecule has 0 radical (unpaired) electrons. The fourth-order valence-electron chi connectivity index (χ4n) is 2.14. The van der Waals surface area contributed by atoms with E-state index < -0.39 is 11.7 Å². The highest BCUT2D eigenvalue weighted by Crippen LogP contribution is 2.38. The number of rotatable bonds is 2. The Morgan fingerprint density at radius 2 is 1.73 bits per heavy atom. The van der Waals surface area contributed by atoms with Crippen molar-refractivity contribution in [3.63, 3.8) is 0 Å². The third-order valence-electron chi connectivity index (χ3n) is 3.15. The molecule has 0 spiro atoms. The molecule has 2 heterocycles. The van der Waals surface area contributed by atoms with E-state index in [9.17, 15) is 13.2 Å². The van der Waals surface area contributed by atoms with Crippen LogP contribution in [-0.2, 0) is 6.18 Å². The Kier molecular flexibility index (Phi) is 3.32. The average molecular weight is 305 g/mol. The van der Waals surface area contributed by atoms with Crippen molar-refractivity contribution in [3.05, 3.63) is 54.4 Å². The summed E-state index contributed by atoms with van der Waals surface area (Å²) in [5.74, 6) is 0.0404. The van der Waals surface area contributed by atoms with E-state index in [0.29, 0.717) is 11.1 Å². The normalized spacial score (nSPS) is 11.6. The van der Waals surface area contributed by atoms with Gasteiger partial charge < -0.3 is 10.3 Å². The van der Waals surface area contributed by atoms with Gasteiger partial charge >= 0.3 is 6.18 Å². The smallest absolute Gasteiger partial charge is 0.367 e. The van der Waals surface area contributed by atoms with Gasteiger partial charge in [0.15, 0.2) is 0 Å². The van der Waals surface area contributed by atoms with Crippen LogP contribution in [0.5, 0.6) is 0 Å². The zero-order valence-corrected chi connectivity index (χ0v) is 11.1. The maximum atomic E-state index is 12.8. The summed E-state index contributed by atoms with van der Waals surface area (Å²) in [5.41, 5.74) is 6.66. The molecule has 7 heteroatoms. The number of nitrogens with two attached hydrogens (primary N) is 1. The molecule has 0 unspecified atom stereocenters. The molecule has 3 rings (SSSR count). The van der Waals surface area contributed by atoms with Gasteiger partial charge in [-0.3, -0.25) is 4.98 Å². The number of nitrogens with zero attached hydrogens (tertiary/aromatic N) is 2. The number of hydrogen-bond acceptors (Lipinski definition) is 4. The minimum Gasteiger partial charge on any atom is -0.367 e. The lowest BCUT2D eigenvalue weighted by molar-refractivity contribution is -0.137. The second kappa shape index (κ2) is 5.18. The fourth-order valence-corrected chi connectivity index (χ4v) is 2.14. The molecule has 0 aliphatic rings. The van der Waals surface area contributed by atoms with Crippen LogP contribution in [-0.4, -0.2) is 10.1 Å². The molecule has 1 aromatic carbocycles. The van der Waals surface area contributed by atoms with Crippen molar-refractivity contribution in [2.75, 3.05) is 5.73 Å². The quantitative estimate of drug-likeness (QED) is 0.777. The Morgan fingerprint density at radius 3 is 2.41 bits per heavy atom. The van der Waals surface area contributed by atoms with Gasteiger partial charge in [-0.05, 0) is 29.8 Å². The van der Waals surface area contributed by atoms with Crippen molar-refractivity contribution < 1.29 is 17.7 Å². The molecule has 0 fully saturated rings. The van der Waals surface area contributed by atoms with Gasteiger partial charge in [0.2, 0.25) is 5.88 Å².